The van der Waals surface area contributed by atoms with E-state index in [0.717, 1.165) is 37.2 Å². The first-order valence-corrected chi connectivity index (χ1v) is 20.8. The highest BCUT2D eigenvalue weighted by Crippen LogP contribution is 2.50. The molecule has 0 spiro atoms. The molecule has 312 valence electrons. The smallest absolute Gasteiger partial charge is 0.259 e. The van der Waals surface area contributed by atoms with Crippen molar-refractivity contribution in [2.45, 2.75) is 97.3 Å². The van der Waals surface area contributed by atoms with Crippen LogP contribution in [0.15, 0.2) is 53.2 Å². The quantitative estimate of drug-likeness (QED) is 0.0489. The van der Waals surface area contributed by atoms with Gasteiger partial charge in [0.25, 0.3) is 8.53 Å². The Kier molecular flexibility index (Phi) is 12.6. The van der Waals surface area contributed by atoms with Gasteiger partial charge in [0.2, 0.25) is 30.2 Å². The third-order valence-corrected chi connectivity index (χ3v) is 12.2. The van der Waals surface area contributed by atoms with E-state index in [1.807, 2.05) is 24.3 Å². The van der Waals surface area contributed by atoms with Crippen molar-refractivity contribution >= 4 is 54.4 Å². The Bertz CT molecular complexity index is 2290. The zero-order valence-corrected chi connectivity index (χ0v) is 34.8. The molecule has 5 aromatic rings. The molecule has 0 radical (unpaired) electrons. The van der Waals surface area contributed by atoms with E-state index >= 15 is 0 Å². The third kappa shape index (κ3) is 9.62. The molecule has 59 heavy (non-hydrogen) atoms. The number of nitrogens with two attached hydrogens (primary N) is 2. The second-order valence-electron chi connectivity index (χ2n) is 15.1. The number of ether oxygens (including phenoxy) is 1. The van der Waals surface area contributed by atoms with Gasteiger partial charge in [-0.3, -0.25) is 9.36 Å². The van der Waals surface area contributed by atoms with Gasteiger partial charge < -0.3 is 50.0 Å². The Morgan fingerprint density at radius 2 is 1.80 bits per heavy atom. The molecule has 2 saturated heterocycles. The maximum atomic E-state index is 12.3. The Balaban J connectivity index is 1.12. The van der Waals surface area contributed by atoms with Crippen LogP contribution in [0.25, 0.3) is 38.9 Å². The number of aromatic nitrogens is 6. The van der Waals surface area contributed by atoms with E-state index in [1.54, 1.807) is 29.1 Å². The number of carbonyl (C=O) groups is 1. The van der Waals surface area contributed by atoms with Crippen molar-refractivity contribution in [3.05, 3.63) is 60.2 Å². The molecule has 0 bridgehead atoms. The van der Waals surface area contributed by atoms with Crippen molar-refractivity contribution in [3.63, 3.8) is 0 Å². The van der Waals surface area contributed by atoms with Crippen molar-refractivity contribution < 1.29 is 24.4 Å². The average Bonchev–Trinajstić information content (AvgIpc) is 3.98. The van der Waals surface area contributed by atoms with E-state index in [2.05, 4.69) is 72.9 Å². The number of hydrogen-bond acceptors (Lipinski definition) is 15. The number of anilines is 5. The van der Waals surface area contributed by atoms with Gasteiger partial charge in [0.1, 0.15) is 18.4 Å². The summed E-state index contributed by atoms with van der Waals surface area (Å²) in [6.45, 7) is 19.2. The summed E-state index contributed by atoms with van der Waals surface area (Å²) in [5.41, 5.74) is 16.7. The lowest BCUT2D eigenvalue weighted by atomic mass is 10.1. The van der Waals surface area contributed by atoms with Gasteiger partial charge in [0.05, 0.1) is 29.9 Å². The molecule has 2 aliphatic heterocycles. The number of piperidine rings is 1. The molecule has 4 atom stereocenters. The first-order valence-electron chi connectivity index (χ1n) is 20.4. The minimum Gasteiger partial charge on any atom is -0.416 e. The molecular formula is C40H52N13O5P. The topological polar surface area (TPSA) is 214 Å². The van der Waals surface area contributed by atoms with E-state index in [4.69, 9.17) is 42.6 Å². The average molecular weight is 827 g/mol. The largest absolute Gasteiger partial charge is 0.416 e. The highest BCUT2D eigenvalue weighted by atomic mass is 31.2. The summed E-state index contributed by atoms with van der Waals surface area (Å²) in [7, 11) is -1.56. The number of nitrogens with zero attached hydrogens (tertiary/aromatic N) is 9. The SMILES string of the molecule is [2H]C[C@H]1O[C@@H](n2cnc3c(N)nc(Nc4cc(-c5nnc(-c6ccc(N7CCC(N)CC7)cc6)o5)ccc4NC(C)=O)nc32)C[C@H]1OP(OCC[N+]#[C-])N(C(C)C)C(C)C. The summed E-state index contributed by atoms with van der Waals surface area (Å²) in [6.07, 6.45) is 2.27. The van der Waals surface area contributed by atoms with Crippen LogP contribution in [-0.2, 0) is 18.6 Å². The van der Waals surface area contributed by atoms with Crippen molar-refractivity contribution in [3.8, 4) is 22.9 Å². The van der Waals surface area contributed by atoms with Crippen LogP contribution >= 0.6 is 8.53 Å². The summed E-state index contributed by atoms with van der Waals surface area (Å²) < 4.78 is 37.5. The Hall–Kier alpha value is -5.28. The van der Waals surface area contributed by atoms with Crippen molar-refractivity contribution in [2.75, 3.05) is 47.5 Å². The molecule has 2 fully saturated rings. The first-order chi connectivity index (χ1) is 28.9. The Morgan fingerprint density at radius 3 is 2.47 bits per heavy atom. The van der Waals surface area contributed by atoms with Crippen molar-refractivity contribution in [2.24, 2.45) is 5.73 Å². The fraction of sp³-hybridized carbons (Fsp3) is 0.475. The number of carbonyl (C=O) groups excluding carboxylic acids is 1. The maximum Gasteiger partial charge on any atom is 0.259 e. The minimum absolute atomic E-state index is 0.0446. The van der Waals surface area contributed by atoms with Crippen LogP contribution in [-0.4, -0.2) is 96.9 Å². The predicted molar refractivity (Wildman–Crippen MR) is 227 cm³/mol. The number of hydrogen-bond donors (Lipinski definition) is 4. The molecule has 0 aliphatic carbocycles. The van der Waals surface area contributed by atoms with Crippen LogP contribution < -0.4 is 27.0 Å². The summed E-state index contributed by atoms with van der Waals surface area (Å²) >= 11 is 0. The van der Waals surface area contributed by atoms with Crippen LogP contribution in [0, 0.1) is 6.57 Å². The molecule has 2 aromatic carbocycles. The molecule has 2 aliphatic rings. The van der Waals surface area contributed by atoms with Crippen LogP contribution in [0.4, 0.5) is 28.8 Å². The molecule has 1 amide bonds. The van der Waals surface area contributed by atoms with Crippen LogP contribution in [0.5, 0.6) is 0 Å². The van der Waals surface area contributed by atoms with Gasteiger partial charge in [-0.1, -0.05) is 0 Å². The fourth-order valence-corrected chi connectivity index (χ4v) is 8.97. The monoisotopic (exact) mass is 826 g/mol. The second-order valence-corrected chi connectivity index (χ2v) is 16.5. The molecule has 18 nitrogen and oxygen atoms in total. The number of imidazole rings is 1. The van der Waals surface area contributed by atoms with E-state index in [-0.39, 0.29) is 61.7 Å². The van der Waals surface area contributed by atoms with Crippen molar-refractivity contribution in [1.29, 1.82) is 0 Å². The standard InChI is InChI=1S/C40H52N13O5P/c1-23(2)53(24(3)4)59(55-19-16-43-7)58-33-21-34(56-25(33)5)52-22-44-35-36(42)47-40(48-37(35)52)46-32-20-28(10-13-31(32)45-26(6)54)39-50-49-38(57-39)27-8-11-30(12-9-27)51-17-14-29(41)15-18-51/h8-13,20,22-25,29,33-34H,14-19,21,41H2,1-6H3,(H,45,54)(H3,42,46,47,48)/t25-,33-,34-,59?/m1/s1/i5D. The van der Waals surface area contributed by atoms with E-state index in [9.17, 15) is 4.79 Å². The van der Waals surface area contributed by atoms with Gasteiger partial charge in [-0.05, 0) is 89.9 Å². The third-order valence-electron chi connectivity index (χ3n) is 10.1. The molecular weight excluding hydrogens is 774 g/mol. The molecule has 0 saturated carbocycles. The van der Waals surface area contributed by atoms with Gasteiger partial charge >= 0.3 is 0 Å². The molecule has 19 heteroatoms. The maximum absolute atomic E-state index is 12.3. The van der Waals surface area contributed by atoms with E-state index < -0.39 is 27.0 Å². The normalized spacial score (nSPS) is 19.4. The van der Waals surface area contributed by atoms with E-state index in [1.165, 1.54) is 6.92 Å². The lowest BCUT2D eigenvalue weighted by molar-refractivity contribution is -0.114. The predicted octanol–water partition coefficient (Wildman–Crippen LogP) is 6.73. The van der Waals surface area contributed by atoms with Crippen LogP contribution in [0.3, 0.4) is 0 Å². The lowest BCUT2D eigenvalue weighted by Gasteiger charge is -2.36. The molecule has 6 N–H and O–H groups in total. The molecule has 7 rings (SSSR count). The van der Waals surface area contributed by atoms with Crippen LogP contribution in [0.2, 0.25) is 0 Å². The van der Waals surface area contributed by atoms with Gasteiger partial charge in [0, 0.05) is 62.7 Å². The molecule has 3 aromatic heterocycles. The highest BCUT2D eigenvalue weighted by molar-refractivity contribution is 7.44. The summed E-state index contributed by atoms with van der Waals surface area (Å²) in [5, 5.41) is 14.7. The Labute approximate surface area is 346 Å². The summed E-state index contributed by atoms with van der Waals surface area (Å²) in [5.74, 6) is 0.619. The molecule has 5 heterocycles. The van der Waals surface area contributed by atoms with E-state index in [0.29, 0.717) is 40.4 Å². The van der Waals surface area contributed by atoms with Gasteiger partial charge in [0.15, 0.2) is 11.5 Å². The summed E-state index contributed by atoms with van der Waals surface area (Å²) in [6, 6.07) is 13.8. The number of nitrogen functional groups attached to an aromatic ring is 1. The highest BCUT2D eigenvalue weighted by Gasteiger charge is 2.40. The number of amides is 1. The fourth-order valence-electron chi connectivity index (χ4n) is 7.22. The zero-order chi connectivity index (χ0) is 42.5. The zero-order valence-electron chi connectivity index (χ0n) is 34.9. The number of nitrogens with one attached hydrogen (secondary N) is 2. The minimum atomic E-state index is -1.56. The lowest BCUT2D eigenvalue weighted by Crippen LogP contribution is -2.39. The second kappa shape index (κ2) is 18.3. The number of rotatable bonds is 15. The number of fused-ring (bicyclic) bond motifs is 1. The van der Waals surface area contributed by atoms with Crippen LogP contribution in [0.1, 0.15) is 68.4 Å². The Morgan fingerprint density at radius 1 is 1.08 bits per heavy atom. The number of benzene rings is 2. The summed E-state index contributed by atoms with van der Waals surface area (Å²) in [4.78, 5) is 31.8. The van der Waals surface area contributed by atoms with Gasteiger partial charge in [-0.15, -0.1) is 10.2 Å². The molecule has 1 unspecified atom stereocenters. The van der Waals surface area contributed by atoms with Gasteiger partial charge in [-0.25, -0.2) is 16.2 Å². The first kappa shape index (κ1) is 40.5. The van der Waals surface area contributed by atoms with Gasteiger partial charge in [-0.2, -0.15) is 9.97 Å². The van der Waals surface area contributed by atoms with Crippen molar-refractivity contribution in [1.82, 2.24) is 34.4 Å².